The van der Waals surface area contributed by atoms with Gasteiger partial charge in [0.2, 0.25) is 0 Å². The molecule has 1 heterocycles. The first-order valence-corrected chi connectivity index (χ1v) is 5.60. The summed E-state index contributed by atoms with van der Waals surface area (Å²) in [5.74, 6) is -0.0993. The van der Waals surface area contributed by atoms with E-state index in [0.717, 1.165) is 5.56 Å². The maximum Gasteiger partial charge on any atom is 0.311 e. The zero-order chi connectivity index (χ0) is 13.0. The van der Waals surface area contributed by atoms with Gasteiger partial charge in [-0.3, -0.25) is 4.79 Å². The normalized spacial score (nSPS) is 12.1. The number of carbonyl (C=O) groups is 1. The van der Waals surface area contributed by atoms with E-state index in [1.807, 2.05) is 0 Å². The summed E-state index contributed by atoms with van der Waals surface area (Å²) in [6.07, 6.45) is 1.89. The average Bonchev–Trinajstić information content (AvgIpc) is 2.89. The second kappa shape index (κ2) is 5.40. The minimum atomic E-state index is -0.864. The molecule has 1 atom stereocenters. The Morgan fingerprint density at radius 1 is 1.33 bits per heavy atom. The molecule has 0 radical (unpaired) electrons. The summed E-state index contributed by atoms with van der Waals surface area (Å²) < 4.78 is 10.2. The second-order valence-corrected chi connectivity index (χ2v) is 3.95. The Bertz CT molecular complexity index is 499. The Balaban J connectivity index is 2.21. The smallest absolute Gasteiger partial charge is 0.311 e. The third kappa shape index (κ3) is 2.71. The fourth-order valence-corrected chi connectivity index (χ4v) is 1.81. The molecule has 0 saturated carbocycles. The molecule has 2 aromatic rings. The first-order chi connectivity index (χ1) is 8.70. The molecule has 0 bridgehead atoms. The van der Waals surface area contributed by atoms with E-state index < -0.39 is 11.9 Å². The van der Waals surface area contributed by atoms with E-state index >= 15 is 0 Å². The van der Waals surface area contributed by atoms with E-state index in [1.165, 1.54) is 0 Å². The molecule has 0 aliphatic rings. The van der Waals surface area contributed by atoms with E-state index in [2.05, 4.69) is 0 Å². The molecule has 1 unspecified atom stereocenters. The Labute approximate surface area is 105 Å². The number of furan rings is 1. The van der Waals surface area contributed by atoms with Crippen molar-refractivity contribution < 1.29 is 19.1 Å². The standard InChI is InChI=1S/C14H14O4/c1-17-11-6-4-10(5-7-11)13(14(15)16)9-12-3-2-8-18-12/h2-8,13H,9H2,1H3,(H,15,16). The van der Waals surface area contributed by atoms with Gasteiger partial charge in [-0.2, -0.15) is 0 Å². The van der Waals surface area contributed by atoms with Crippen molar-refractivity contribution in [1.82, 2.24) is 0 Å². The van der Waals surface area contributed by atoms with E-state index in [0.29, 0.717) is 17.9 Å². The van der Waals surface area contributed by atoms with Gasteiger partial charge in [-0.25, -0.2) is 0 Å². The van der Waals surface area contributed by atoms with Gasteiger partial charge in [-0.05, 0) is 29.8 Å². The van der Waals surface area contributed by atoms with Gasteiger partial charge in [-0.15, -0.1) is 0 Å². The van der Waals surface area contributed by atoms with Crippen LogP contribution in [0.4, 0.5) is 0 Å². The molecule has 18 heavy (non-hydrogen) atoms. The molecule has 1 N–H and O–H groups in total. The number of ether oxygens (including phenoxy) is 1. The lowest BCUT2D eigenvalue weighted by atomic mass is 9.95. The minimum absolute atomic E-state index is 0.342. The van der Waals surface area contributed by atoms with Gasteiger partial charge in [0.15, 0.2) is 0 Å². The van der Waals surface area contributed by atoms with Gasteiger partial charge >= 0.3 is 5.97 Å². The lowest BCUT2D eigenvalue weighted by Gasteiger charge is -2.11. The molecule has 94 valence electrons. The van der Waals surface area contributed by atoms with Gasteiger partial charge in [0.25, 0.3) is 0 Å². The number of rotatable bonds is 5. The second-order valence-electron chi connectivity index (χ2n) is 3.95. The molecule has 0 aliphatic carbocycles. The van der Waals surface area contributed by atoms with Crippen molar-refractivity contribution in [1.29, 1.82) is 0 Å². The van der Waals surface area contributed by atoms with Crippen LogP contribution in [0.2, 0.25) is 0 Å². The molecule has 0 fully saturated rings. The van der Waals surface area contributed by atoms with Crippen molar-refractivity contribution in [2.75, 3.05) is 7.11 Å². The maximum atomic E-state index is 11.3. The number of aliphatic carboxylic acids is 1. The summed E-state index contributed by atoms with van der Waals surface area (Å²) in [4.78, 5) is 11.3. The predicted molar refractivity (Wildman–Crippen MR) is 65.8 cm³/mol. The van der Waals surface area contributed by atoms with Crippen LogP contribution in [0, 0.1) is 0 Å². The van der Waals surface area contributed by atoms with E-state index in [4.69, 9.17) is 9.15 Å². The van der Waals surface area contributed by atoms with Crippen LogP contribution in [0.3, 0.4) is 0 Å². The summed E-state index contributed by atoms with van der Waals surface area (Å²) in [6.45, 7) is 0. The number of benzene rings is 1. The summed E-state index contributed by atoms with van der Waals surface area (Å²) in [5, 5.41) is 9.28. The molecule has 0 aliphatic heterocycles. The van der Waals surface area contributed by atoms with Gasteiger partial charge < -0.3 is 14.3 Å². The van der Waals surface area contributed by atoms with E-state index in [9.17, 15) is 9.90 Å². The van der Waals surface area contributed by atoms with Crippen LogP contribution in [0.5, 0.6) is 5.75 Å². The molecule has 1 aromatic heterocycles. The van der Waals surface area contributed by atoms with Crippen molar-refractivity contribution in [3.8, 4) is 5.75 Å². The molecule has 2 rings (SSSR count). The Morgan fingerprint density at radius 2 is 2.06 bits per heavy atom. The number of carboxylic acid groups (broad SMARTS) is 1. The highest BCUT2D eigenvalue weighted by Crippen LogP contribution is 2.23. The third-order valence-corrected chi connectivity index (χ3v) is 2.80. The number of methoxy groups -OCH3 is 1. The van der Waals surface area contributed by atoms with Crippen molar-refractivity contribution in [3.63, 3.8) is 0 Å². The molecule has 4 nitrogen and oxygen atoms in total. The summed E-state index contributed by atoms with van der Waals surface area (Å²) in [7, 11) is 1.58. The first-order valence-electron chi connectivity index (χ1n) is 5.60. The van der Waals surface area contributed by atoms with Crippen molar-refractivity contribution in [2.45, 2.75) is 12.3 Å². The van der Waals surface area contributed by atoms with Gasteiger partial charge in [-0.1, -0.05) is 12.1 Å². The third-order valence-electron chi connectivity index (χ3n) is 2.80. The maximum absolute atomic E-state index is 11.3. The Morgan fingerprint density at radius 3 is 2.56 bits per heavy atom. The number of hydrogen-bond acceptors (Lipinski definition) is 3. The van der Waals surface area contributed by atoms with Crippen molar-refractivity contribution in [3.05, 3.63) is 54.0 Å². The van der Waals surface area contributed by atoms with Gasteiger partial charge in [0.05, 0.1) is 19.3 Å². The van der Waals surface area contributed by atoms with Crippen molar-refractivity contribution in [2.24, 2.45) is 0 Å². The molecule has 1 aromatic carbocycles. The molecule has 0 amide bonds. The highest BCUT2D eigenvalue weighted by Gasteiger charge is 2.21. The molecule has 4 heteroatoms. The molecule has 0 saturated heterocycles. The van der Waals surface area contributed by atoms with Crippen molar-refractivity contribution >= 4 is 5.97 Å². The van der Waals surface area contributed by atoms with Crippen LogP contribution < -0.4 is 4.74 Å². The van der Waals surface area contributed by atoms with E-state index in [-0.39, 0.29) is 0 Å². The van der Waals surface area contributed by atoms with Crippen LogP contribution in [0.1, 0.15) is 17.2 Å². The monoisotopic (exact) mass is 246 g/mol. The Hall–Kier alpha value is -2.23. The molecular formula is C14H14O4. The quantitative estimate of drug-likeness (QED) is 0.881. The number of carboxylic acids is 1. The van der Waals surface area contributed by atoms with Crippen LogP contribution >= 0.6 is 0 Å². The molecule has 0 spiro atoms. The van der Waals surface area contributed by atoms with Crippen LogP contribution in [-0.2, 0) is 11.2 Å². The fraction of sp³-hybridized carbons (Fsp3) is 0.214. The lowest BCUT2D eigenvalue weighted by molar-refractivity contribution is -0.138. The topological polar surface area (TPSA) is 59.7 Å². The fourth-order valence-electron chi connectivity index (χ4n) is 1.81. The van der Waals surface area contributed by atoms with Gasteiger partial charge in [0, 0.05) is 6.42 Å². The highest BCUT2D eigenvalue weighted by atomic mass is 16.5. The van der Waals surface area contributed by atoms with Gasteiger partial charge in [0.1, 0.15) is 11.5 Å². The zero-order valence-corrected chi connectivity index (χ0v) is 10.00. The Kier molecular flexibility index (Phi) is 3.67. The lowest BCUT2D eigenvalue weighted by Crippen LogP contribution is -2.14. The first kappa shape index (κ1) is 12.2. The summed E-state index contributed by atoms with van der Waals surface area (Å²) >= 11 is 0. The van der Waals surface area contributed by atoms with Crippen LogP contribution in [-0.4, -0.2) is 18.2 Å². The zero-order valence-electron chi connectivity index (χ0n) is 10.00. The average molecular weight is 246 g/mol. The van der Waals surface area contributed by atoms with Crippen LogP contribution in [0.25, 0.3) is 0 Å². The predicted octanol–water partition coefficient (Wildman–Crippen LogP) is 2.70. The SMILES string of the molecule is COc1ccc(C(Cc2ccco2)C(=O)O)cc1. The number of hydrogen-bond donors (Lipinski definition) is 1. The van der Waals surface area contributed by atoms with E-state index in [1.54, 1.807) is 49.8 Å². The summed E-state index contributed by atoms with van der Waals surface area (Å²) in [6, 6.07) is 10.6. The minimum Gasteiger partial charge on any atom is -0.497 e. The largest absolute Gasteiger partial charge is 0.497 e. The summed E-state index contributed by atoms with van der Waals surface area (Å²) in [5.41, 5.74) is 0.736. The van der Waals surface area contributed by atoms with Crippen LogP contribution in [0.15, 0.2) is 47.1 Å². The molecular weight excluding hydrogens is 232 g/mol. The highest BCUT2D eigenvalue weighted by molar-refractivity contribution is 5.76.